The van der Waals surface area contributed by atoms with Gasteiger partial charge in [0, 0.05) is 0 Å². The molecular weight excluding hydrogens is 564 g/mol. The van der Waals surface area contributed by atoms with Gasteiger partial charge in [0.25, 0.3) is 0 Å². The van der Waals surface area contributed by atoms with E-state index in [0.29, 0.717) is 0 Å². The smallest absolute Gasteiger partial charge is 0.187 e. The maximum atomic E-state index is 11.0. The van der Waals surface area contributed by atoms with Gasteiger partial charge in [-0.3, -0.25) is 0 Å². The molecule has 0 amide bonds. The fourth-order valence-electron chi connectivity index (χ4n) is 5.12. The molecule has 0 aromatic rings. The lowest BCUT2D eigenvalue weighted by atomic mass is 9.97. The normalized spacial score (nSPS) is 55.1. The van der Waals surface area contributed by atoms with Gasteiger partial charge in [-0.1, -0.05) is 0 Å². The van der Waals surface area contributed by atoms with E-state index in [-0.39, 0.29) is 0 Å². The first-order chi connectivity index (χ1) is 19.3. The van der Waals surface area contributed by atoms with E-state index in [1.165, 1.54) is 13.8 Å². The molecule has 4 aliphatic rings. The number of hydrogen-bond acceptors (Lipinski definition) is 18. The molecule has 18 nitrogen and oxygen atoms in total. The minimum atomic E-state index is -1.84. The predicted molar refractivity (Wildman–Crippen MR) is 125 cm³/mol. The van der Waals surface area contributed by atoms with Gasteiger partial charge in [0.15, 0.2) is 25.2 Å². The number of aliphatic hydroxyl groups is 11. The fourth-order valence-corrected chi connectivity index (χ4v) is 5.12. The van der Waals surface area contributed by atoms with Crippen LogP contribution < -0.4 is 0 Å². The van der Waals surface area contributed by atoms with Crippen molar-refractivity contribution in [2.24, 2.45) is 0 Å². The molecule has 18 heteroatoms. The number of rotatable bonds is 7. The van der Waals surface area contributed by atoms with Crippen molar-refractivity contribution in [3.8, 4) is 0 Å². The highest BCUT2D eigenvalue weighted by Crippen LogP contribution is 2.33. The van der Waals surface area contributed by atoms with Crippen LogP contribution in [0.5, 0.6) is 0 Å². The summed E-state index contributed by atoms with van der Waals surface area (Å²) in [5.74, 6) is 0. The first kappa shape index (κ1) is 33.2. The summed E-state index contributed by atoms with van der Waals surface area (Å²) in [4.78, 5) is 0. The summed E-state index contributed by atoms with van der Waals surface area (Å²) in [6, 6.07) is 0. The summed E-state index contributed by atoms with van der Waals surface area (Å²) in [6.07, 6.45) is -30.0. The first-order valence-electron chi connectivity index (χ1n) is 13.2. The Bertz CT molecular complexity index is 836. The molecule has 4 heterocycles. The molecule has 4 rings (SSSR count). The molecule has 11 N–H and O–H groups in total. The van der Waals surface area contributed by atoms with Gasteiger partial charge in [-0.25, -0.2) is 0 Å². The van der Waals surface area contributed by atoms with Crippen molar-refractivity contribution >= 4 is 0 Å². The van der Waals surface area contributed by atoms with Gasteiger partial charge in [0.05, 0.1) is 25.4 Å². The fraction of sp³-hybridized carbons (Fsp3) is 1.00. The molecule has 0 aromatic carbocycles. The van der Waals surface area contributed by atoms with Gasteiger partial charge >= 0.3 is 0 Å². The Morgan fingerprint density at radius 2 is 1.02 bits per heavy atom. The second-order valence-corrected chi connectivity index (χ2v) is 10.7. The Morgan fingerprint density at radius 3 is 1.63 bits per heavy atom. The molecule has 4 saturated heterocycles. The van der Waals surface area contributed by atoms with Crippen molar-refractivity contribution in [3.63, 3.8) is 0 Å². The second-order valence-electron chi connectivity index (χ2n) is 10.7. The quantitative estimate of drug-likeness (QED) is 0.129. The van der Waals surface area contributed by atoms with Crippen LogP contribution in [0.2, 0.25) is 0 Å². The highest BCUT2D eigenvalue weighted by atomic mass is 16.8. The minimum absolute atomic E-state index is 0.471. The second kappa shape index (κ2) is 13.5. The van der Waals surface area contributed by atoms with Crippen LogP contribution in [-0.2, 0) is 33.2 Å². The van der Waals surface area contributed by atoms with E-state index in [2.05, 4.69) is 0 Å². The largest absolute Gasteiger partial charge is 0.394 e. The van der Waals surface area contributed by atoms with Crippen LogP contribution >= 0.6 is 0 Å². The van der Waals surface area contributed by atoms with Crippen LogP contribution in [0.15, 0.2) is 0 Å². The van der Waals surface area contributed by atoms with Crippen molar-refractivity contribution in [1.82, 2.24) is 0 Å². The van der Waals surface area contributed by atoms with E-state index in [4.69, 9.17) is 33.2 Å². The summed E-state index contributed by atoms with van der Waals surface area (Å²) >= 11 is 0. The average Bonchev–Trinajstić information content (AvgIpc) is 2.94. The van der Waals surface area contributed by atoms with Gasteiger partial charge in [-0.2, -0.15) is 0 Å². The van der Waals surface area contributed by atoms with Crippen molar-refractivity contribution in [1.29, 1.82) is 0 Å². The highest BCUT2D eigenvalue weighted by molar-refractivity contribution is 4.95. The number of aliphatic hydroxyl groups excluding tert-OH is 11. The van der Waals surface area contributed by atoms with E-state index in [9.17, 15) is 56.2 Å². The van der Waals surface area contributed by atoms with Crippen molar-refractivity contribution < 1.29 is 89.3 Å². The van der Waals surface area contributed by atoms with Gasteiger partial charge in [-0.15, -0.1) is 0 Å². The predicted octanol–water partition coefficient (Wildman–Crippen LogP) is -7.05. The van der Waals surface area contributed by atoms with Crippen molar-refractivity contribution in [2.45, 2.75) is 131 Å². The Hall–Kier alpha value is -0.720. The summed E-state index contributed by atoms with van der Waals surface area (Å²) in [7, 11) is 0. The topological polar surface area (TPSA) is 287 Å². The maximum Gasteiger partial charge on any atom is 0.187 e. The van der Waals surface area contributed by atoms with E-state index in [1.807, 2.05) is 0 Å². The zero-order valence-corrected chi connectivity index (χ0v) is 22.2. The molecule has 0 unspecified atom stereocenters. The standard InChI is InChI=1S/C23H40O18/c1-5-9(26)12(29)14(31)21(36-5)40-18-10(27)6(2)37-23(16(18)33)41-19-17(7(25)4-35-20(19)34)39-22-15(32)13(30)11(28)8(3-24)38-22/h5-34H,3-4H2,1-2H3/t5-,6-,7-,8+,9-,10-,11+,12+,13-,14+,15+,16+,17-,18+,19+,20+,21-,22-,23-/m0/s1. The lowest BCUT2D eigenvalue weighted by Crippen LogP contribution is -2.66. The third kappa shape index (κ3) is 6.70. The molecule has 0 bridgehead atoms. The average molecular weight is 605 g/mol. The Morgan fingerprint density at radius 1 is 0.537 bits per heavy atom. The molecule has 41 heavy (non-hydrogen) atoms. The molecule has 0 aromatic heterocycles. The Labute approximate surface area is 233 Å². The molecular formula is C23H40O18. The third-order valence-electron chi connectivity index (χ3n) is 7.73. The van der Waals surface area contributed by atoms with E-state index >= 15 is 0 Å². The maximum absolute atomic E-state index is 11.0. The molecule has 19 atom stereocenters. The van der Waals surface area contributed by atoms with Gasteiger partial charge in [0.2, 0.25) is 0 Å². The number of ether oxygens (including phenoxy) is 7. The summed E-state index contributed by atoms with van der Waals surface area (Å²) in [6.45, 7) is 1.59. The van der Waals surface area contributed by atoms with Crippen LogP contribution in [0.1, 0.15) is 13.8 Å². The minimum Gasteiger partial charge on any atom is -0.394 e. The molecule has 240 valence electrons. The molecule has 0 spiro atoms. The van der Waals surface area contributed by atoms with Gasteiger partial charge < -0.3 is 89.3 Å². The van der Waals surface area contributed by atoms with E-state index < -0.39 is 130 Å². The van der Waals surface area contributed by atoms with Crippen molar-refractivity contribution in [3.05, 3.63) is 0 Å². The monoisotopic (exact) mass is 604 g/mol. The van der Waals surface area contributed by atoms with Gasteiger partial charge in [-0.05, 0) is 13.8 Å². The molecule has 0 saturated carbocycles. The molecule has 4 fully saturated rings. The van der Waals surface area contributed by atoms with E-state index in [1.54, 1.807) is 0 Å². The van der Waals surface area contributed by atoms with Crippen LogP contribution in [0.3, 0.4) is 0 Å². The third-order valence-corrected chi connectivity index (χ3v) is 7.73. The van der Waals surface area contributed by atoms with Crippen LogP contribution in [0, 0.1) is 0 Å². The van der Waals surface area contributed by atoms with Crippen LogP contribution in [0.4, 0.5) is 0 Å². The number of hydrogen-bond donors (Lipinski definition) is 11. The zero-order chi connectivity index (χ0) is 30.3. The molecule has 0 aliphatic carbocycles. The lowest BCUT2D eigenvalue weighted by Gasteiger charge is -2.48. The van der Waals surface area contributed by atoms with E-state index in [0.717, 1.165) is 0 Å². The summed E-state index contributed by atoms with van der Waals surface area (Å²) in [5, 5.41) is 113. The summed E-state index contributed by atoms with van der Waals surface area (Å²) in [5.41, 5.74) is 0. The van der Waals surface area contributed by atoms with Crippen LogP contribution in [-0.4, -0.2) is 186 Å². The lowest BCUT2D eigenvalue weighted by molar-refractivity contribution is -0.387. The first-order valence-corrected chi connectivity index (χ1v) is 13.2. The molecule has 4 aliphatic heterocycles. The molecule has 0 radical (unpaired) electrons. The van der Waals surface area contributed by atoms with Gasteiger partial charge in [0.1, 0.15) is 79.4 Å². The van der Waals surface area contributed by atoms with Crippen molar-refractivity contribution in [2.75, 3.05) is 13.2 Å². The SMILES string of the molecule is C[C@@H]1O[C@@H](O[C@@H]2[C@@H](O)[C@H](C)O[C@@H](O[C@@H]3[C@@H](O[C@@H]4O[C@H](CO)[C@@H](O)[C@H](O)[C@H]4O)[C@@H](O)CO[C@H]3O)[C@@H]2O)[C@H](O)[C@H](O)[C@H]1O. The highest BCUT2D eigenvalue weighted by Gasteiger charge is 2.53. The Balaban J connectivity index is 1.49. The summed E-state index contributed by atoms with van der Waals surface area (Å²) < 4.78 is 38.3. The van der Waals surface area contributed by atoms with Crippen LogP contribution in [0.25, 0.3) is 0 Å². The Kier molecular flexibility index (Phi) is 10.9. The zero-order valence-electron chi connectivity index (χ0n) is 22.2.